The molecule has 3 atom stereocenters. The van der Waals surface area contributed by atoms with Crippen LogP contribution in [0.15, 0.2) is 0 Å². The fraction of sp³-hybridized carbons (Fsp3) is 0.765. The van der Waals surface area contributed by atoms with E-state index >= 15 is 0 Å². The van der Waals surface area contributed by atoms with Crippen LogP contribution < -0.4 is 27.4 Å². The van der Waals surface area contributed by atoms with Crippen LogP contribution in [0, 0.1) is 5.92 Å². The monoisotopic (exact) mass is 387 g/mol. The van der Waals surface area contributed by atoms with Crippen LogP contribution in [0.4, 0.5) is 0 Å². The minimum atomic E-state index is -1.18. The van der Waals surface area contributed by atoms with Gasteiger partial charge in [0, 0.05) is 0 Å². The summed E-state index contributed by atoms with van der Waals surface area (Å²) in [6.45, 7) is 5.32. The third kappa shape index (κ3) is 10.5. The molecule has 0 aromatic heterocycles. The Bertz CT molecular complexity index is 512. The Hall–Kier alpha value is -2.20. The first-order valence-electron chi connectivity index (χ1n) is 9.15. The highest BCUT2D eigenvalue weighted by Crippen LogP contribution is 2.07. The van der Waals surface area contributed by atoms with Crippen molar-refractivity contribution in [2.45, 2.75) is 64.6 Å². The molecule has 0 radical (unpaired) electrons. The molecule has 8 N–H and O–H groups in total. The van der Waals surface area contributed by atoms with Crippen molar-refractivity contribution in [2.24, 2.45) is 17.4 Å². The molecular weight excluding hydrogens is 354 g/mol. The average Bonchev–Trinajstić information content (AvgIpc) is 2.59. The number of nitrogens with two attached hydrogens (primary N) is 2. The number of hydrogen-bond donors (Lipinski definition) is 6. The van der Waals surface area contributed by atoms with Gasteiger partial charge in [-0.2, -0.15) is 0 Å². The van der Waals surface area contributed by atoms with Crippen molar-refractivity contribution in [3.8, 4) is 0 Å². The van der Waals surface area contributed by atoms with E-state index < -0.39 is 41.8 Å². The first kappa shape index (κ1) is 24.8. The number of amides is 3. The number of carboxylic acid groups (broad SMARTS) is 1. The highest BCUT2D eigenvalue weighted by atomic mass is 16.4. The summed E-state index contributed by atoms with van der Waals surface area (Å²) in [5.41, 5.74) is 10.8. The van der Waals surface area contributed by atoms with Crippen molar-refractivity contribution in [2.75, 3.05) is 13.1 Å². The van der Waals surface area contributed by atoms with Crippen molar-refractivity contribution in [3.63, 3.8) is 0 Å². The highest BCUT2D eigenvalue weighted by molar-refractivity contribution is 5.93. The van der Waals surface area contributed by atoms with Crippen molar-refractivity contribution in [1.82, 2.24) is 16.0 Å². The summed E-state index contributed by atoms with van der Waals surface area (Å²) < 4.78 is 0. The second kappa shape index (κ2) is 13.0. The van der Waals surface area contributed by atoms with E-state index in [0.29, 0.717) is 32.2 Å². The number of nitrogens with one attached hydrogen (secondary N) is 3. The van der Waals surface area contributed by atoms with E-state index in [1.807, 2.05) is 13.8 Å². The van der Waals surface area contributed by atoms with Crippen molar-refractivity contribution < 1.29 is 24.3 Å². The number of rotatable bonds is 13. The highest BCUT2D eigenvalue weighted by Gasteiger charge is 2.28. The van der Waals surface area contributed by atoms with Gasteiger partial charge in [0.25, 0.3) is 0 Å². The standard InChI is InChI=1S/C17H33N5O5/c1-10(2)8-13(21-14(23)9-19)16(25)22-12(6-4-5-7-18)15(24)20-11(3)17(26)27/h10-13H,4-9,18-19H2,1-3H3,(H,20,24)(H,21,23)(H,22,25)(H,26,27)/t11-,12-,13-/m0/s1. The lowest BCUT2D eigenvalue weighted by molar-refractivity contribution is -0.141. The van der Waals surface area contributed by atoms with E-state index in [4.69, 9.17) is 16.6 Å². The Morgan fingerprint density at radius 2 is 1.48 bits per heavy atom. The van der Waals surface area contributed by atoms with Crippen molar-refractivity contribution in [1.29, 1.82) is 0 Å². The third-order valence-electron chi connectivity index (χ3n) is 3.85. The molecule has 0 aromatic rings. The quantitative estimate of drug-likeness (QED) is 0.212. The van der Waals surface area contributed by atoms with E-state index in [2.05, 4.69) is 16.0 Å². The zero-order valence-corrected chi connectivity index (χ0v) is 16.3. The Labute approximate surface area is 159 Å². The lowest BCUT2D eigenvalue weighted by Gasteiger charge is -2.24. The zero-order chi connectivity index (χ0) is 21.0. The average molecular weight is 387 g/mol. The summed E-state index contributed by atoms with van der Waals surface area (Å²) in [6, 6.07) is -2.84. The van der Waals surface area contributed by atoms with Crippen LogP contribution in [-0.2, 0) is 19.2 Å². The molecule has 0 unspecified atom stereocenters. The normalized spacial score (nSPS) is 14.1. The van der Waals surface area contributed by atoms with Crippen LogP contribution in [0.2, 0.25) is 0 Å². The lowest BCUT2D eigenvalue weighted by Crippen LogP contribution is -2.56. The zero-order valence-electron chi connectivity index (χ0n) is 16.3. The van der Waals surface area contributed by atoms with Gasteiger partial charge in [0.05, 0.1) is 6.54 Å². The van der Waals surface area contributed by atoms with Gasteiger partial charge in [-0.1, -0.05) is 13.8 Å². The number of unbranched alkanes of at least 4 members (excludes halogenated alkanes) is 1. The van der Waals surface area contributed by atoms with Gasteiger partial charge in [-0.15, -0.1) is 0 Å². The molecule has 10 heteroatoms. The van der Waals surface area contributed by atoms with Crippen molar-refractivity contribution >= 4 is 23.7 Å². The van der Waals surface area contributed by atoms with Crippen LogP contribution in [-0.4, -0.2) is 60.0 Å². The van der Waals surface area contributed by atoms with Crippen LogP contribution in [0.1, 0.15) is 46.5 Å². The Morgan fingerprint density at radius 3 is 1.96 bits per heavy atom. The first-order valence-corrected chi connectivity index (χ1v) is 9.15. The molecule has 0 aliphatic carbocycles. The topological polar surface area (TPSA) is 177 Å². The Kier molecular flexibility index (Phi) is 12.0. The second-order valence-electron chi connectivity index (χ2n) is 6.87. The molecule has 0 saturated carbocycles. The fourth-order valence-electron chi connectivity index (χ4n) is 2.37. The van der Waals surface area contributed by atoms with Gasteiger partial charge in [-0.3, -0.25) is 19.2 Å². The van der Waals surface area contributed by atoms with E-state index in [1.54, 1.807) is 0 Å². The molecule has 27 heavy (non-hydrogen) atoms. The summed E-state index contributed by atoms with van der Waals surface area (Å²) in [6.07, 6.45) is 1.92. The Morgan fingerprint density at radius 1 is 0.889 bits per heavy atom. The fourth-order valence-corrected chi connectivity index (χ4v) is 2.37. The van der Waals surface area contributed by atoms with Gasteiger partial charge < -0.3 is 32.5 Å². The molecule has 0 bridgehead atoms. The minimum Gasteiger partial charge on any atom is -0.480 e. The van der Waals surface area contributed by atoms with Gasteiger partial charge in [0.15, 0.2) is 0 Å². The van der Waals surface area contributed by atoms with Crippen molar-refractivity contribution in [3.05, 3.63) is 0 Å². The number of aliphatic carboxylic acids is 1. The molecule has 0 spiro atoms. The summed E-state index contributed by atoms with van der Waals surface area (Å²) in [7, 11) is 0. The van der Waals surface area contributed by atoms with Crippen LogP contribution in [0.25, 0.3) is 0 Å². The summed E-state index contributed by atoms with van der Waals surface area (Å²) >= 11 is 0. The lowest BCUT2D eigenvalue weighted by atomic mass is 10.0. The number of carboxylic acids is 1. The molecule has 0 saturated heterocycles. The van der Waals surface area contributed by atoms with Gasteiger partial charge in [0.1, 0.15) is 18.1 Å². The predicted molar refractivity (Wildman–Crippen MR) is 101 cm³/mol. The molecule has 10 nitrogen and oxygen atoms in total. The number of carbonyl (C=O) groups is 4. The molecule has 0 aliphatic heterocycles. The predicted octanol–water partition coefficient (Wildman–Crippen LogP) is -1.32. The molecular formula is C17H33N5O5. The largest absolute Gasteiger partial charge is 0.480 e. The molecule has 0 aliphatic rings. The van der Waals surface area contributed by atoms with E-state index in [0.717, 1.165) is 0 Å². The SMILES string of the molecule is CC(C)C[C@H](NC(=O)CN)C(=O)N[C@@H](CCCCN)C(=O)N[C@@H](C)C(=O)O. The molecule has 3 amide bonds. The maximum Gasteiger partial charge on any atom is 0.325 e. The summed E-state index contributed by atoms with van der Waals surface area (Å²) in [5.74, 6) is -2.64. The third-order valence-corrected chi connectivity index (χ3v) is 3.85. The maximum atomic E-state index is 12.6. The molecule has 0 aromatic carbocycles. The van der Waals surface area contributed by atoms with Crippen LogP contribution in [0.3, 0.4) is 0 Å². The number of hydrogen-bond acceptors (Lipinski definition) is 6. The van der Waals surface area contributed by atoms with Gasteiger partial charge in [-0.25, -0.2) is 0 Å². The van der Waals surface area contributed by atoms with E-state index in [1.165, 1.54) is 6.92 Å². The van der Waals surface area contributed by atoms with Gasteiger partial charge in [0.2, 0.25) is 17.7 Å². The molecule has 156 valence electrons. The van der Waals surface area contributed by atoms with Gasteiger partial charge >= 0.3 is 5.97 Å². The van der Waals surface area contributed by atoms with Crippen LogP contribution in [0.5, 0.6) is 0 Å². The molecule has 0 rings (SSSR count). The summed E-state index contributed by atoms with van der Waals surface area (Å²) in [4.78, 5) is 47.5. The summed E-state index contributed by atoms with van der Waals surface area (Å²) in [5, 5.41) is 16.5. The molecule has 0 fully saturated rings. The Balaban J connectivity index is 5.15. The van der Waals surface area contributed by atoms with Gasteiger partial charge in [-0.05, 0) is 45.1 Å². The minimum absolute atomic E-state index is 0.121. The second-order valence-corrected chi connectivity index (χ2v) is 6.87. The smallest absolute Gasteiger partial charge is 0.325 e. The maximum absolute atomic E-state index is 12.6. The van der Waals surface area contributed by atoms with E-state index in [-0.39, 0.29) is 12.5 Å². The number of carbonyl (C=O) groups excluding carboxylic acids is 3. The van der Waals surface area contributed by atoms with E-state index in [9.17, 15) is 19.2 Å². The first-order chi connectivity index (χ1) is 12.6. The molecule has 0 heterocycles. The van der Waals surface area contributed by atoms with Crippen LogP contribution >= 0.6 is 0 Å².